The Morgan fingerprint density at radius 1 is 1.12 bits per heavy atom. The first-order chi connectivity index (χ1) is 15.1. The van der Waals surface area contributed by atoms with Crippen LogP contribution in [0.1, 0.15) is 16.1 Å². The third-order valence-corrected chi connectivity index (χ3v) is 4.81. The third-order valence-electron chi connectivity index (χ3n) is 3.98. The molecule has 1 amide bonds. The maximum Gasteiger partial charge on any atom is 0.434 e. The van der Waals surface area contributed by atoms with E-state index in [1.165, 1.54) is 24.7 Å². The van der Waals surface area contributed by atoms with Gasteiger partial charge in [-0.05, 0) is 34.1 Å². The molecule has 0 radical (unpaired) electrons. The maximum absolute atomic E-state index is 13.8. The van der Waals surface area contributed by atoms with Gasteiger partial charge in [-0.15, -0.1) is 4.80 Å². The summed E-state index contributed by atoms with van der Waals surface area (Å²) in [6, 6.07) is 3.19. The van der Waals surface area contributed by atoms with Gasteiger partial charge in [0.15, 0.2) is 23.1 Å². The van der Waals surface area contributed by atoms with Gasteiger partial charge in [-0.1, -0.05) is 11.6 Å². The molecule has 4 rings (SSSR count). The fourth-order valence-corrected chi connectivity index (χ4v) is 3.21. The largest absolute Gasteiger partial charge is 0.434 e. The van der Waals surface area contributed by atoms with Crippen LogP contribution in [0.2, 0.25) is 5.02 Å². The second kappa shape index (κ2) is 8.27. The van der Waals surface area contributed by atoms with Crippen molar-refractivity contribution in [2.75, 3.05) is 5.32 Å². The Kier molecular flexibility index (Phi) is 5.64. The number of nitrogens with one attached hydrogen (secondary N) is 1. The van der Waals surface area contributed by atoms with Crippen LogP contribution < -0.4 is 5.32 Å². The van der Waals surface area contributed by atoms with Crippen LogP contribution >= 0.6 is 27.5 Å². The second-order valence-electron chi connectivity index (χ2n) is 6.06. The van der Waals surface area contributed by atoms with Crippen LogP contribution in [0.15, 0.2) is 47.6 Å². The maximum atomic E-state index is 13.8. The predicted octanol–water partition coefficient (Wildman–Crippen LogP) is 4.07. The smallest absolute Gasteiger partial charge is 0.320 e. The Bertz CT molecular complexity index is 1310. The van der Waals surface area contributed by atoms with Crippen molar-refractivity contribution in [1.29, 1.82) is 0 Å². The van der Waals surface area contributed by atoms with Crippen molar-refractivity contribution in [3.63, 3.8) is 0 Å². The molecule has 164 valence electrons. The zero-order valence-corrected chi connectivity index (χ0v) is 17.7. The SMILES string of the molecule is O=C(Nc1cnc(-n2nccn2)c(Cl)c1)c1cnn(-c2ccc(F)c(Br)n2)c1C(F)(F)F. The monoisotopic (exact) mass is 530 g/mol. The van der Waals surface area contributed by atoms with E-state index in [4.69, 9.17) is 11.6 Å². The number of anilines is 1. The Balaban J connectivity index is 1.68. The topological polar surface area (TPSA) is 103 Å². The highest BCUT2D eigenvalue weighted by molar-refractivity contribution is 9.10. The number of carbonyl (C=O) groups is 1. The molecule has 0 unspecified atom stereocenters. The van der Waals surface area contributed by atoms with E-state index >= 15 is 0 Å². The molecule has 32 heavy (non-hydrogen) atoms. The van der Waals surface area contributed by atoms with Crippen LogP contribution in [0.5, 0.6) is 0 Å². The molecule has 1 N–H and O–H groups in total. The predicted molar refractivity (Wildman–Crippen MR) is 106 cm³/mol. The molecule has 4 aromatic rings. The first-order valence-electron chi connectivity index (χ1n) is 8.46. The molecule has 4 aromatic heterocycles. The second-order valence-corrected chi connectivity index (χ2v) is 7.22. The summed E-state index contributed by atoms with van der Waals surface area (Å²) in [5.74, 6) is -2.07. The van der Waals surface area contributed by atoms with Gasteiger partial charge in [0.1, 0.15) is 4.60 Å². The van der Waals surface area contributed by atoms with Crippen molar-refractivity contribution in [3.05, 3.63) is 69.7 Å². The summed E-state index contributed by atoms with van der Waals surface area (Å²) in [6.45, 7) is 0. The van der Waals surface area contributed by atoms with Crippen LogP contribution in [0.25, 0.3) is 11.6 Å². The summed E-state index contributed by atoms with van der Waals surface area (Å²) in [4.78, 5) is 21.4. The van der Waals surface area contributed by atoms with E-state index in [-0.39, 0.29) is 26.9 Å². The standard InChI is InChI=1S/C17H8BrClF4N8O/c18-14-11(20)1-2-12(29-14)30-13(17(21,22)23)9(7-27-30)16(32)28-8-5-10(19)15(24-6-8)31-25-3-4-26-31/h1-7H,(H,28,32). The van der Waals surface area contributed by atoms with Gasteiger partial charge in [0.05, 0.1) is 41.1 Å². The number of aromatic nitrogens is 7. The molecular formula is C17H8BrClF4N8O. The van der Waals surface area contributed by atoms with Crippen LogP contribution in [0.3, 0.4) is 0 Å². The Morgan fingerprint density at radius 2 is 1.84 bits per heavy atom. The first kappa shape index (κ1) is 21.8. The fraction of sp³-hybridized carbons (Fsp3) is 0.0588. The molecule has 4 heterocycles. The van der Waals surface area contributed by atoms with E-state index in [1.807, 2.05) is 0 Å². The summed E-state index contributed by atoms with van der Waals surface area (Å²) in [7, 11) is 0. The van der Waals surface area contributed by atoms with Gasteiger partial charge in [0, 0.05) is 0 Å². The number of hydrogen-bond acceptors (Lipinski definition) is 6. The molecule has 0 aromatic carbocycles. The van der Waals surface area contributed by atoms with Crippen molar-refractivity contribution in [2.45, 2.75) is 6.18 Å². The summed E-state index contributed by atoms with van der Waals surface area (Å²) in [5.41, 5.74) is -2.15. The minimum absolute atomic E-state index is 0.0273. The molecule has 0 aliphatic rings. The van der Waals surface area contributed by atoms with Gasteiger partial charge in [0.2, 0.25) is 0 Å². The van der Waals surface area contributed by atoms with Gasteiger partial charge in [-0.3, -0.25) is 4.79 Å². The van der Waals surface area contributed by atoms with Gasteiger partial charge in [-0.25, -0.2) is 19.0 Å². The minimum atomic E-state index is -4.97. The Hall–Kier alpha value is -3.39. The van der Waals surface area contributed by atoms with Crippen molar-refractivity contribution < 1.29 is 22.4 Å². The van der Waals surface area contributed by atoms with Crippen molar-refractivity contribution >= 4 is 39.1 Å². The number of amides is 1. The lowest BCUT2D eigenvalue weighted by atomic mass is 10.2. The highest BCUT2D eigenvalue weighted by atomic mass is 79.9. The van der Waals surface area contributed by atoms with Gasteiger partial charge < -0.3 is 5.32 Å². The Labute approximate surface area is 189 Å². The number of alkyl halides is 3. The van der Waals surface area contributed by atoms with Crippen LogP contribution in [0.4, 0.5) is 23.2 Å². The van der Waals surface area contributed by atoms with Gasteiger partial charge in [0.25, 0.3) is 5.91 Å². The number of halogens is 6. The average Bonchev–Trinajstić information content (AvgIpc) is 3.40. The van der Waals surface area contributed by atoms with E-state index in [1.54, 1.807) is 0 Å². The quantitative estimate of drug-likeness (QED) is 0.315. The van der Waals surface area contributed by atoms with Crippen LogP contribution in [0, 0.1) is 5.82 Å². The van der Waals surface area contributed by atoms with Gasteiger partial charge in [-0.2, -0.15) is 28.5 Å². The van der Waals surface area contributed by atoms with Crippen molar-refractivity contribution in [2.24, 2.45) is 0 Å². The van der Waals surface area contributed by atoms with Crippen molar-refractivity contribution in [3.8, 4) is 11.6 Å². The van der Waals surface area contributed by atoms with Crippen LogP contribution in [-0.4, -0.2) is 40.6 Å². The molecule has 0 aliphatic carbocycles. The highest BCUT2D eigenvalue weighted by Gasteiger charge is 2.41. The number of rotatable bonds is 4. The number of carbonyl (C=O) groups excluding carboxylic acids is 1. The minimum Gasteiger partial charge on any atom is -0.320 e. The first-order valence-corrected chi connectivity index (χ1v) is 9.63. The molecule has 0 fully saturated rings. The zero-order valence-electron chi connectivity index (χ0n) is 15.3. The number of pyridine rings is 2. The fourth-order valence-electron chi connectivity index (χ4n) is 2.66. The van der Waals surface area contributed by atoms with E-state index < -0.39 is 29.2 Å². The van der Waals surface area contributed by atoms with E-state index in [9.17, 15) is 22.4 Å². The van der Waals surface area contributed by atoms with E-state index in [0.29, 0.717) is 4.68 Å². The molecule has 0 bridgehead atoms. The molecule has 15 heteroatoms. The summed E-state index contributed by atoms with van der Waals surface area (Å²) < 4.78 is 54.8. The normalized spacial score (nSPS) is 11.6. The molecule has 9 nitrogen and oxygen atoms in total. The third kappa shape index (κ3) is 4.18. The zero-order chi connectivity index (χ0) is 23.0. The number of hydrogen-bond donors (Lipinski definition) is 1. The summed E-state index contributed by atoms with van der Waals surface area (Å²) in [5, 5.41) is 13.7. The van der Waals surface area contributed by atoms with Gasteiger partial charge >= 0.3 is 6.18 Å². The molecule has 0 saturated carbocycles. The van der Waals surface area contributed by atoms with E-state index in [0.717, 1.165) is 23.1 Å². The molecule has 0 aliphatic heterocycles. The lowest BCUT2D eigenvalue weighted by molar-refractivity contribution is -0.143. The Morgan fingerprint density at radius 3 is 2.47 bits per heavy atom. The molecule has 0 saturated heterocycles. The van der Waals surface area contributed by atoms with Crippen molar-refractivity contribution in [1.82, 2.24) is 34.7 Å². The lowest BCUT2D eigenvalue weighted by Gasteiger charge is -2.13. The van der Waals surface area contributed by atoms with Crippen LogP contribution in [-0.2, 0) is 6.18 Å². The highest BCUT2D eigenvalue weighted by Crippen LogP contribution is 2.34. The lowest BCUT2D eigenvalue weighted by Crippen LogP contribution is -2.21. The molecular weight excluding hydrogens is 524 g/mol. The number of nitrogens with zero attached hydrogens (tertiary/aromatic N) is 7. The molecule has 0 spiro atoms. The summed E-state index contributed by atoms with van der Waals surface area (Å²) in [6.07, 6.45) is -0.263. The molecule has 0 atom stereocenters. The summed E-state index contributed by atoms with van der Waals surface area (Å²) >= 11 is 8.92. The van der Waals surface area contributed by atoms with E-state index in [2.05, 4.69) is 46.5 Å². The average molecular weight is 532 g/mol.